The largest absolute Gasteiger partial charge is 0.338 e. The third-order valence-electron chi connectivity index (χ3n) is 5.04. The molecule has 1 fully saturated rings. The quantitative estimate of drug-likeness (QED) is 0.783. The SMILES string of the molecule is Cc1cn[nH]c1C[C@@H]1CCCN(C(=O)c2cccc(-n3cnnc3)c2)C1. The second kappa shape index (κ2) is 7.11. The predicted molar refractivity (Wildman–Crippen MR) is 97.0 cm³/mol. The van der Waals surface area contributed by atoms with Crippen LogP contribution >= 0.6 is 0 Å². The number of hydrogen-bond acceptors (Lipinski definition) is 4. The zero-order valence-corrected chi connectivity index (χ0v) is 14.8. The minimum Gasteiger partial charge on any atom is -0.338 e. The van der Waals surface area contributed by atoms with E-state index in [9.17, 15) is 4.79 Å². The summed E-state index contributed by atoms with van der Waals surface area (Å²) < 4.78 is 1.80. The van der Waals surface area contributed by atoms with E-state index in [0.29, 0.717) is 11.5 Å². The fraction of sp³-hybridized carbons (Fsp3) is 0.368. The first-order chi connectivity index (χ1) is 12.7. The summed E-state index contributed by atoms with van der Waals surface area (Å²) in [5.74, 6) is 0.554. The van der Waals surface area contributed by atoms with Gasteiger partial charge in [0, 0.05) is 30.0 Å². The van der Waals surface area contributed by atoms with Crippen LogP contribution in [0.1, 0.15) is 34.5 Å². The van der Waals surface area contributed by atoms with E-state index in [-0.39, 0.29) is 5.91 Å². The van der Waals surface area contributed by atoms with Crippen LogP contribution < -0.4 is 0 Å². The first-order valence-electron chi connectivity index (χ1n) is 8.94. The Balaban J connectivity index is 1.47. The van der Waals surface area contributed by atoms with Crippen molar-refractivity contribution < 1.29 is 4.79 Å². The fourth-order valence-electron chi connectivity index (χ4n) is 3.60. The molecule has 1 saturated heterocycles. The van der Waals surface area contributed by atoms with Crippen LogP contribution in [-0.2, 0) is 6.42 Å². The van der Waals surface area contributed by atoms with Crippen LogP contribution in [0.25, 0.3) is 5.69 Å². The molecule has 1 aliphatic rings. The van der Waals surface area contributed by atoms with Gasteiger partial charge in [-0.05, 0) is 55.9 Å². The number of hydrogen-bond donors (Lipinski definition) is 1. The molecule has 3 aromatic rings. The number of amides is 1. The standard InChI is InChI=1S/C19H22N6O/c1-14-10-20-23-18(14)8-15-4-3-7-24(11-15)19(26)16-5-2-6-17(9-16)25-12-21-22-13-25/h2,5-6,9-10,12-13,15H,3-4,7-8,11H2,1H3,(H,20,23)/t15-/m0/s1. The van der Waals surface area contributed by atoms with E-state index in [1.807, 2.05) is 35.4 Å². The van der Waals surface area contributed by atoms with Crippen molar-refractivity contribution >= 4 is 5.91 Å². The first kappa shape index (κ1) is 16.5. The molecular formula is C19H22N6O. The third-order valence-corrected chi connectivity index (χ3v) is 5.04. The molecular weight excluding hydrogens is 328 g/mol. The van der Waals surface area contributed by atoms with Gasteiger partial charge in [-0.15, -0.1) is 10.2 Å². The number of aromatic amines is 1. The van der Waals surface area contributed by atoms with Gasteiger partial charge in [-0.3, -0.25) is 14.5 Å². The monoisotopic (exact) mass is 350 g/mol. The number of aromatic nitrogens is 5. The highest BCUT2D eigenvalue weighted by Gasteiger charge is 2.25. The minimum absolute atomic E-state index is 0.0888. The molecule has 0 aliphatic carbocycles. The van der Waals surface area contributed by atoms with Gasteiger partial charge in [-0.2, -0.15) is 5.10 Å². The molecule has 134 valence electrons. The Morgan fingerprint density at radius 2 is 2.15 bits per heavy atom. The topological polar surface area (TPSA) is 79.7 Å². The molecule has 0 unspecified atom stereocenters. The highest BCUT2D eigenvalue weighted by atomic mass is 16.2. The van der Waals surface area contributed by atoms with Crippen molar-refractivity contribution in [2.45, 2.75) is 26.2 Å². The molecule has 26 heavy (non-hydrogen) atoms. The number of H-pyrrole nitrogens is 1. The molecule has 1 aliphatic heterocycles. The van der Waals surface area contributed by atoms with E-state index in [4.69, 9.17) is 0 Å². The highest BCUT2D eigenvalue weighted by molar-refractivity contribution is 5.94. The van der Waals surface area contributed by atoms with Gasteiger partial charge in [-0.1, -0.05) is 6.07 Å². The van der Waals surface area contributed by atoms with Gasteiger partial charge in [0.15, 0.2) is 0 Å². The van der Waals surface area contributed by atoms with Crippen molar-refractivity contribution in [3.8, 4) is 5.69 Å². The normalized spacial score (nSPS) is 17.4. The molecule has 1 amide bonds. The Morgan fingerprint density at radius 3 is 2.92 bits per heavy atom. The lowest BCUT2D eigenvalue weighted by molar-refractivity contribution is 0.0672. The average molecular weight is 350 g/mol. The van der Waals surface area contributed by atoms with Crippen molar-refractivity contribution in [3.05, 3.63) is 59.9 Å². The summed E-state index contributed by atoms with van der Waals surface area (Å²) in [6, 6.07) is 7.62. The van der Waals surface area contributed by atoms with E-state index in [1.54, 1.807) is 17.2 Å². The van der Waals surface area contributed by atoms with Crippen LogP contribution in [0.3, 0.4) is 0 Å². The number of aryl methyl sites for hydroxylation is 1. The molecule has 0 saturated carbocycles. The van der Waals surface area contributed by atoms with Crippen molar-refractivity contribution in [1.29, 1.82) is 0 Å². The number of carbonyl (C=O) groups excluding carboxylic acids is 1. The van der Waals surface area contributed by atoms with Gasteiger partial charge in [0.1, 0.15) is 12.7 Å². The maximum Gasteiger partial charge on any atom is 0.253 e. The van der Waals surface area contributed by atoms with Gasteiger partial charge >= 0.3 is 0 Å². The summed E-state index contributed by atoms with van der Waals surface area (Å²) in [5, 5.41) is 14.8. The van der Waals surface area contributed by atoms with Gasteiger partial charge in [0.2, 0.25) is 0 Å². The summed E-state index contributed by atoms with van der Waals surface area (Å²) in [4.78, 5) is 15.0. The number of nitrogens with zero attached hydrogens (tertiary/aromatic N) is 5. The molecule has 0 bridgehead atoms. The fourth-order valence-corrected chi connectivity index (χ4v) is 3.60. The van der Waals surface area contributed by atoms with Crippen LogP contribution in [0, 0.1) is 12.8 Å². The minimum atomic E-state index is 0.0888. The van der Waals surface area contributed by atoms with Crippen molar-refractivity contribution in [3.63, 3.8) is 0 Å². The predicted octanol–water partition coefficient (Wildman–Crippen LogP) is 2.39. The van der Waals surface area contributed by atoms with Crippen LogP contribution in [0.15, 0.2) is 43.1 Å². The van der Waals surface area contributed by atoms with Gasteiger partial charge in [0.05, 0.1) is 6.20 Å². The zero-order valence-electron chi connectivity index (χ0n) is 14.8. The molecule has 1 atom stereocenters. The summed E-state index contributed by atoms with van der Waals surface area (Å²) in [6.07, 6.45) is 8.24. The number of likely N-dealkylation sites (tertiary alicyclic amines) is 1. The van der Waals surface area contributed by atoms with Crippen LogP contribution in [-0.4, -0.2) is 48.9 Å². The molecule has 4 rings (SSSR count). The van der Waals surface area contributed by atoms with Crippen molar-refractivity contribution in [2.24, 2.45) is 5.92 Å². The van der Waals surface area contributed by atoms with Crippen LogP contribution in [0.5, 0.6) is 0 Å². The average Bonchev–Trinajstić information content (AvgIpc) is 3.34. The highest BCUT2D eigenvalue weighted by Crippen LogP contribution is 2.23. The van der Waals surface area contributed by atoms with E-state index in [2.05, 4.69) is 27.3 Å². The van der Waals surface area contributed by atoms with Crippen molar-refractivity contribution in [2.75, 3.05) is 13.1 Å². The van der Waals surface area contributed by atoms with E-state index in [1.165, 1.54) is 11.3 Å². The lowest BCUT2D eigenvalue weighted by atomic mass is 9.92. The molecule has 7 heteroatoms. The van der Waals surface area contributed by atoms with E-state index >= 15 is 0 Å². The van der Waals surface area contributed by atoms with Gasteiger partial charge in [-0.25, -0.2) is 0 Å². The van der Waals surface area contributed by atoms with E-state index in [0.717, 1.165) is 38.0 Å². The number of carbonyl (C=O) groups is 1. The molecule has 7 nitrogen and oxygen atoms in total. The maximum absolute atomic E-state index is 13.0. The number of benzene rings is 1. The van der Waals surface area contributed by atoms with Gasteiger partial charge < -0.3 is 4.90 Å². The maximum atomic E-state index is 13.0. The Bertz CT molecular complexity index is 885. The summed E-state index contributed by atoms with van der Waals surface area (Å²) in [5.41, 5.74) is 3.96. The molecule has 1 aromatic carbocycles. The Hall–Kier alpha value is -2.96. The smallest absolute Gasteiger partial charge is 0.253 e. The molecule has 0 spiro atoms. The van der Waals surface area contributed by atoms with Crippen LogP contribution in [0.2, 0.25) is 0 Å². The lowest BCUT2D eigenvalue weighted by Crippen LogP contribution is -2.40. The molecule has 0 radical (unpaired) electrons. The second-order valence-corrected chi connectivity index (χ2v) is 6.91. The number of nitrogens with one attached hydrogen (secondary N) is 1. The van der Waals surface area contributed by atoms with Gasteiger partial charge in [0.25, 0.3) is 5.91 Å². The summed E-state index contributed by atoms with van der Waals surface area (Å²) in [6.45, 7) is 3.67. The lowest BCUT2D eigenvalue weighted by Gasteiger charge is -2.33. The Morgan fingerprint density at radius 1 is 1.31 bits per heavy atom. The Kier molecular flexibility index (Phi) is 4.51. The van der Waals surface area contributed by atoms with Crippen LogP contribution in [0.4, 0.5) is 0 Å². The third kappa shape index (κ3) is 3.37. The first-order valence-corrected chi connectivity index (χ1v) is 8.94. The number of rotatable bonds is 4. The van der Waals surface area contributed by atoms with E-state index < -0.39 is 0 Å². The molecule has 2 aromatic heterocycles. The summed E-state index contributed by atoms with van der Waals surface area (Å²) in [7, 11) is 0. The molecule has 3 heterocycles. The Labute approximate surface area is 152 Å². The summed E-state index contributed by atoms with van der Waals surface area (Å²) >= 11 is 0. The number of piperidine rings is 1. The second-order valence-electron chi connectivity index (χ2n) is 6.91. The zero-order chi connectivity index (χ0) is 17.9. The molecule has 1 N–H and O–H groups in total. The van der Waals surface area contributed by atoms with Crippen molar-refractivity contribution in [1.82, 2.24) is 29.9 Å².